The van der Waals surface area contributed by atoms with Gasteiger partial charge in [0.2, 0.25) is 0 Å². The zero-order chi connectivity index (χ0) is 8.39. The molecule has 1 N–H and O–H groups in total. The van der Waals surface area contributed by atoms with Crippen LogP contribution in [0.15, 0.2) is 29.4 Å². The van der Waals surface area contributed by atoms with Gasteiger partial charge in [0.1, 0.15) is 5.75 Å². The lowest BCUT2D eigenvalue weighted by Crippen LogP contribution is -2.31. The topological polar surface area (TPSA) is 33.6 Å². The van der Waals surface area contributed by atoms with Crippen molar-refractivity contribution in [3.05, 3.63) is 29.8 Å². The molecule has 2 rings (SSSR count). The van der Waals surface area contributed by atoms with Crippen molar-refractivity contribution in [3.8, 4) is 5.75 Å². The van der Waals surface area contributed by atoms with Crippen molar-refractivity contribution in [1.29, 1.82) is 0 Å². The number of hydrogen-bond acceptors (Lipinski definition) is 3. The summed E-state index contributed by atoms with van der Waals surface area (Å²) in [6, 6.07) is 7.91. The van der Waals surface area contributed by atoms with Crippen LogP contribution in [0.4, 0.5) is 0 Å². The summed E-state index contributed by atoms with van der Waals surface area (Å²) in [6.45, 7) is 0.867. The zero-order valence-electron chi connectivity index (χ0n) is 6.87. The summed E-state index contributed by atoms with van der Waals surface area (Å²) in [5.41, 5.74) is 5.12. The van der Waals surface area contributed by atoms with Crippen molar-refractivity contribution in [2.45, 2.75) is 0 Å². The molecule has 0 saturated heterocycles. The van der Waals surface area contributed by atoms with Gasteiger partial charge in [0.25, 0.3) is 0 Å². The van der Waals surface area contributed by atoms with E-state index in [-0.39, 0.29) is 0 Å². The van der Waals surface area contributed by atoms with E-state index in [1.165, 1.54) is 0 Å². The molecule has 0 radical (unpaired) electrons. The average Bonchev–Trinajstić information content (AvgIpc) is 2.03. The predicted octanol–water partition coefficient (Wildman–Crippen LogP) is 1.00. The fourth-order valence-corrected chi connectivity index (χ4v) is 1.11. The van der Waals surface area contributed by atoms with E-state index in [4.69, 9.17) is 4.74 Å². The third-order valence-electron chi connectivity index (χ3n) is 1.88. The van der Waals surface area contributed by atoms with Gasteiger partial charge in [0.05, 0.1) is 19.4 Å². The normalized spacial score (nSPS) is 14.2. The lowest BCUT2D eigenvalue weighted by Gasteiger charge is -2.14. The highest BCUT2D eigenvalue weighted by Crippen LogP contribution is 2.12. The molecule has 0 spiro atoms. The Labute approximate surface area is 71.0 Å². The van der Waals surface area contributed by atoms with E-state index in [0.29, 0.717) is 0 Å². The van der Waals surface area contributed by atoms with E-state index in [1.54, 1.807) is 7.11 Å². The van der Waals surface area contributed by atoms with Gasteiger partial charge in [-0.05, 0) is 29.8 Å². The van der Waals surface area contributed by atoms with Gasteiger partial charge in [-0.2, -0.15) is 5.10 Å². The Bertz CT molecular complexity index is 303. The second-order valence-electron chi connectivity index (χ2n) is 2.62. The molecular formula is C9H10N2O. The van der Waals surface area contributed by atoms with Crippen molar-refractivity contribution >= 4 is 5.71 Å². The molecule has 1 aliphatic rings. The maximum atomic E-state index is 5.05. The van der Waals surface area contributed by atoms with E-state index in [1.807, 2.05) is 24.3 Å². The molecule has 1 aromatic carbocycles. The van der Waals surface area contributed by atoms with Gasteiger partial charge < -0.3 is 10.2 Å². The minimum atomic E-state index is 0.867. The van der Waals surface area contributed by atoms with E-state index in [2.05, 4.69) is 10.5 Å². The van der Waals surface area contributed by atoms with E-state index in [9.17, 15) is 0 Å². The lowest BCUT2D eigenvalue weighted by molar-refractivity contribution is 0.415. The number of hydrogen-bond donors (Lipinski definition) is 1. The number of methoxy groups -OCH3 is 1. The van der Waals surface area contributed by atoms with Gasteiger partial charge in [0.15, 0.2) is 0 Å². The molecule has 0 aromatic heterocycles. The second kappa shape index (κ2) is 2.85. The molecule has 0 unspecified atom stereocenters. The average molecular weight is 162 g/mol. The molecule has 0 saturated carbocycles. The molecule has 1 aromatic rings. The van der Waals surface area contributed by atoms with Crippen molar-refractivity contribution < 1.29 is 4.74 Å². The molecule has 3 nitrogen and oxygen atoms in total. The van der Waals surface area contributed by atoms with Crippen LogP contribution < -0.4 is 10.2 Å². The summed E-state index contributed by atoms with van der Waals surface area (Å²) in [4.78, 5) is 0. The monoisotopic (exact) mass is 162 g/mol. The largest absolute Gasteiger partial charge is 0.497 e. The number of ether oxygens (including phenoxy) is 1. The molecule has 0 bridgehead atoms. The minimum Gasteiger partial charge on any atom is -0.497 e. The van der Waals surface area contributed by atoms with Crippen LogP contribution in [0.25, 0.3) is 0 Å². The summed E-state index contributed by atoms with van der Waals surface area (Å²) in [5, 5.41) is 4.02. The molecule has 62 valence electrons. The van der Waals surface area contributed by atoms with Gasteiger partial charge in [0, 0.05) is 0 Å². The SMILES string of the molecule is COc1ccc(C2=NNC2)cc1. The van der Waals surface area contributed by atoms with Crippen LogP contribution in [0, 0.1) is 0 Å². The predicted molar refractivity (Wildman–Crippen MR) is 47.5 cm³/mol. The smallest absolute Gasteiger partial charge is 0.118 e. The van der Waals surface area contributed by atoms with Gasteiger partial charge in [-0.1, -0.05) is 0 Å². The highest BCUT2D eigenvalue weighted by Gasteiger charge is 2.09. The summed E-state index contributed by atoms with van der Waals surface area (Å²) in [7, 11) is 1.66. The number of nitrogens with one attached hydrogen (secondary N) is 1. The Balaban J connectivity index is 2.24. The summed E-state index contributed by atoms with van der Waals surface area (Å²) in [5.74, 6) is 0.881. The Kier molecular flexibility index (Phi) is 1.70. The van der Waals surface area contributed by atoms with Crippen LogP contribution in [0.1, 0.15) is 5.56 Å². The van der Waals surface area contributed by atoms with Gasteiger partial charge in [-0.25, -0.2) is 0 Å². The Morgan fingerprint density at radius 1 is 1.33 bits per heavy atom. The third kappa shape index (κ3) is 1.13. The highest BCUT2D eigenvalue weighted by molar-refractivity contribution is 6.04. The minimum absolute atomic E-state index is 0.867. The van der Waals surface area contributed by atoms with Crippen LogP contribution in [-0.2, 0) is 0 Å². The van der Waals surface area contributed by atoms with E-state index >= 15 is 0 Å². The molecule has 0 aliphatic carbocycles. The first-order chi connectivity index (χ1) is 5.90. The number of nitrogens with zero attached hydrogens (tertiary/aromatic N) is 1. The van der Waals surface area contributed by atoms with Gasteiger partial charge in [-0.3, -0.25) is 0 Å². The molecule has 1 heterocycles. The molecule has 1 aliphatic heterocycles. The fraction of sp³-hybridized carbons (Fsp3) is 0.222. The van der Waals surface area contributed by atoms with Crippen LogP contribution in [0.5, 0.6) is 5.75 Å². The van der Waals surface area contributed by atoms with Crippen molar-refractivity contribution in [2.75, 3.05) is 13.7 Å². The maximum Gasteiger partial charge on any atom is 0.118 e. The summed E-state index contributed by atoms with van der Waals surface area (Å²) in [6.07, 6.45) is 0. The first-order valence-corrected chi connectivity index (χ1v) is 3.84. The van der Waals surface area contributed by atoms with Crippen LogP contribution >= 0.6 is 0 Å². The van der Waals surface area contributed by atoms with Gasteiger partial charge in [-0.15, -0.1) is 0 Å². The van der Waals surface area contributed by atoms with Gasteiger partial charge >= 0.3 is 0 Å². The van der Waals surface area contributed by atoms with Crippen LogP contribution in [0.2, 0.25) is 0 Å². The third-order valence-corrected chi connectivity index (χ3v) is 1.88. The maximum absolute atomic E-state index is 5.05. The number of rotatable bonds is 2. The molecule has 0 fully saturated rings. The van der Waals surface area contributed by atoms with E-state index in [0.717, 1.165) is 23.6 Å². The molecule has 12 heavy (non-hydrogen) atoms. The Morgan fingerprint density at radius 3 is 2.42 bits per heavy atom. The Morgan fingerprint density at radius 2 is 2.00 bits per heavy atom. The molecule has 0 amide bonds. The summed E-state index contributed by atoms with van der Waals surface area (Å²) < 4.78 is 5.05. The van der Waals surface area contributed by atoms with Crippen molar-refractivity contribution in [2.24, 2.45) is 5.10 Å². The quantitative estimate of drug-likeness (QED) is 0.704. The number of hydrazone groups is 1. The fourth-order valence-electron chi connectivity index (χ4n) is 1.11. The molecule has 3 heteroatoms. The van der Waals surface area contributed by atoms with E-state index < -0.39 is 0 Å². The zero-order valence-corrected chi connectivity index (χ0v) is 6.87. The Hall–Kier alpha value is -1.51. The molecule has 0 atom stereocenters. The first-order valence-electron chi connectivity index (χ1n) is 3.84. The highest BCUT2D eigenvalue weighted by atomic mass is 16.5. The second-order valence-corrected chi connectivity index (χ2v) is 2.62. The van der Waals surface area contributed by atoms with Crippen molar-refractivity contribution in [3.63, 3.8) is 0 Å². The summed E-state index contributed by atoms with van der Waals surface area (Å²) >= 11 is 0. The standard InChI is InChI=1S/C9H10N2O/c1-12-8-4-2-7(3-5-8)9-6-10-11-9/h2-5,10H,6H2,1H3. The van der Waals surface area contributed by atoms with Crippen LogP contribution in [-0.4, -0.2) is 19.4 Å². The number of benzene rings is 1. The van der Waals surface area contributed by atoms with Crippen molar-refractivity contribution in [1.82, 2.24) is 5.43 Å². The lowest BCUT2D eigenvalue weighted by atomic mass is 10.1. The first kappa shape index (κ1) is 7.16. The van der Waals surface area contributed by atoms with Crippen LogP contribution in [0.3, 0.4) is 0 Å². The molecular weight excluding hydrogens is 152 g/mol.